The van der Waals surface area contributed by atoms with Crippen LogP contribution in [0.1, 0.15) is 36.0 Å². The van der Waals surface area contributed by atoms with Crippen LogP contribution >= 0.6 is 0 Å². The van der Waals surface area contributed by atoms with Crippen molar-refractivity contribution in [3.05, 3.63) is 29.8 Å². The van der Waals surface area contributed by atoms with Crippen molar-refractivity contribution in [2.75, 3.05) is 11.9 Å². The quantitative estimate of drug-likeness (QED) is 0.721. The van der Waals surface area contributed by atoms with Crippen molar-refractivity contribution in [2.45, 2.75) is 31.8 Å². The number of carbonyl (C=O) groups is 3. The number of nitrogens with one attached hydrogen (secondary N) is 3. The molecule has 7 nitrogen and oxygen atoms in total. The molecule has 7 heteroatoms. The molecule has 0 bridgehead atoms. The molecule has 1 heterocycles. The second-order valence-electron chi connectivity index (χ2n) is 5.79. The highest BCUT2D eigenvalue weighted by molar-refractivity contribution is 5.99. The maximum absolute atomic E-state index is 12.0. The Labute approximate surface area is 133 Å². The Bertz CT molecular complexity index is 622. The third-order valence-corrected chi connectivity index (χ3v) is 3.86. The summed E-state index contributed by atoms with van der Waals surface area (Å²) in [5, 5.41) is 2.74. The van der Waals surface area contributed by atoms with E-state index < -0.39 is 12.0 Å². The summed E-state index contributed by atoms with van der Waals surface area (Å²) < 4.78 is 5.32. The number of hydrogen-bond acceptors (Lipinski definition) is 4. The number of benzene rings is 1. The first-order valence-electron chi connectivity index (χ1n) is 7.76. The van der Waals surface area contributed by atoms with Crippen LogP contribution in [0.4, 0.5) is 5.69 Å². The first-order chi connectivity index (χ1) is 11.1. The second kappa shape index (κ2) is 6.78. The molecule has 1 atom stereocenters. The topological polar surface area (TPSA) is 96.5 Å². The fourth-order valence-electron chi connectivity index (χ4n) is 2.38. The second-order valence-corrected chi connectivity index (χ2v) is 5.79. The van der Waals surface area contributed by atoms with E-state index in [9.17, 15) is 14.4 Å². The van der Waals surface area contributed by atoms with E-state index in [0.717, 1.165) is 19.3 Å². The lowest BCUT2D eigenvalue weighted by Crippen LogP contribution is -2.42. The van der Waals surface area contributed by atoms with E-state index in [1.165, 1.54) is 0 Å². The Morgan fingerprint density at radius 1 is 1.04 bits per heavy atom. The number of hydrogen-bond donors (Lipinski definition) is 3. The molecule has 1 aliphatic carbocycles. The minimum absolute atomic E-state index is 0.0207. The number of anilines is 1. The summed E-state index contributed by atoms with van der Waals surface area (Å²) in [5.41, 5.74) is 5.65. The molecular formula is C16H19N3O4. The molecule has 2 fully saturated rings. The van der Waals surface area contributed by atoms with E-state index in [-0.39, 0.29) is 17.7 Å². The summed E-state index contributed by atoms with van der Waals surface area (Å²) >= 11 is 0. The minimum Gasteiger partial charge on any atom is -0.368 e. The Morgan fingerprint density at radius 2 is 1.87 bits per heavy atom. The number of carbonyl (C=O) groups excluding carboxylic acids is 3. The standard InChI is InChI=1S/C16H19N3O4/c20-14(10-6-7-10)18-19-15(21)11-3-1-4-12(9-11)17-16(22)13-5-2-8-23-13/h1,3-4,9-10,13H,2,5-8H2,(H,17,22)(H,18,20)(H,19,21)/t13-/m1/s1. The van der Waals surface area contributed by atoms with Crippen molar-refractivity contribution in [3.8, 4) is 0 Å². The largest absolute Gasteiger partial charge is 0.368 e. The summed E-state index contributed by atoms with van der Waals surface area (Å²) in [6.07, 6.45) is 2.89. The first kappa shape index (κ1) is 15.5. The van der Waals surface area contributed by atoms with E-state index in [1.807, 2.05) is 0 Å². The molecule has 23 heavy (non-hydrogen) atoms. The predicted molar refractivity (Wildman–Crippen MR) is 82.4 cm³/mol. The van der Waals surface area contributed by atoms with E-state index in [4.69, 9.17) is 4.74 Å². The van der Waals surface area contributed by atoms with Gasteiger partial charge in [0, 0.05) is 23.8 Å². The zero-order chi connectivity index (χ0) is 16.2. The van der Waals surface area contributed by atoms with Crippen LogP contribution in [0.2, 0.25) is 0 Å². The fraction of sp³-hybridized carbons (Fsp3) is 0.438. The van der Waals surface area contributed by atoms with Crippen LogP contribution in [0.15, 0.2) is 24.3 Å². The van der Waals surface area contributed by atoms with Crippen molar-refractivity contribution < 1.29 is 19.1 Å². The van der Waals surface area contributed by atoms with Crippen molar-refractivity contribution >= 4 is 23.4 Å². The number of rotatable bonds is 4. The molecule has 2 aliphatic rings. The van der Waals surface area contributed by atoms with Gasteiger partial charge in [0.2, 0.25) is 5.91 Å². The lowest BCUT2D eigenvalue weighted by molar-refractivity contribution is -0.124. The van der Waals surface area contributed by atoms with Crippen LogP contribution in [0, 0.1) is 5.92 Å². The highest BCUT2D eigenvalue weighted by Gasteiger charge is 2.29. The molecule has 1 aromatic rings. The third kappa shape index (κ3) is 4.07. The first-order valence-corrected chi connectivity index (χ1v) is 7.76. The molecule has 122 valence electrons. The molecule has 3 amide bonds. The van der Waals surface area contributed by atoms with Gasteiger partial charge in [-0.3, -0.25) is 25.2 Å². The van der Waals surface area contributed by atoms with Crippen molar-refractivity contribution in [2.24, 2.45) is 5.92 Å². The number of hydrazine groups is 1. The van der Waals surface area contributed by atoms with Gasteiger partial charge in [0.05, 0.1) is 0 Å². The van der Waals surface area contributed by atoms with Gasteiger partial charge in [-0.15, -0.1) is 0 Å². The van der Waals surface area contributed by atoms with Gasteiger partial charge in [-0.2, -0.15) is 0 Å². The molecule has 0 unspecified atom stereocenters. The van der Waals surface area contributed by atoms with Crippen LogP contribution in [0.25, 0.3) is 0 Å². The average molecular weight is 317 g/mol. The average Bonchev–Trinajstić information content (AvgIpc) is 3.26. The summed E-state index contributed by atoms with van der Waals surface area (Å²) in [4.78, 5) is 35.5. The van der Waals surface area contributed by atoms with Gasteiger partial charge < -0.3 is 10.1 Å². The van der Waals surface area contributed by atoms with E-state index in [0.29, 0.717) is 24.3 Å². The Morgan fingerprint density at radius 3 is 2.57 bits per heavy atom. The van der Waals surface area contributed by atoms with Gasteiger partial charge in [0.1, 0.15) is 6.10 Å². The molecule has 1 aromatic carbocycles. The lowest BCUT2D eigenvalue weighted by atomic mass is 10.1. The van der Waals surface area contributed by atoms with Crippen molar-refractivity contribution in [1.82, 2.24) is 10.9 Å². The maximum Gasteiger partial charge on any atom is 0.269 e. The molecule has 0 radical (unpaired) electrons. The summed E-state index contributed by atoms with van der Waals surface area (Å²) in [7, 11) is 0. The van der Waals surface area contributed by atoms with Crippen LogP contribution in [0.3, 0.4) is 0 Å². The minimum atomic E-state index is -0.426. The molecule has 1 saturated heterocycles. The molecule has 3 rings (SSSR count). The zero-order valence-corrected chi connectivity index (χ0v) is 12.6. The summed E-state index contributed by atoms with van der Waals surface area (Å²) in [6, 6.07) is 6.54. The highest BCUT2D eigenvalue weighted by atomic mass is 16.5. The zero-order valence-electron chi connectivity index (χ0n) is 12.6. The van der Waals surface area contributed by atoms with Crippen LogP contribution < -0.4 is 16.2 Å². The number of amides is 3. The number of ether oxygens (including phenoxy) is 1. The predicted octanol–water partition coefficient (Wildman–Crippen LogP) is 0.975. The molecule has 1 aliphatic heterocycles. The normalized spacial score (nSPS) is 19.9. The Kier molecular flexibility index (Phi) is 4.57. The highest BCUT2D eigenvalue weighted by Crippen LogP contribution is 2.28. The van der Waals surface area contributed by atoms with E-state index >= 15 is 0 Å². The van der Waals surface area contributed by atoms with Crippen LogP contribution in [-0.2, 0) is 14.3 Å². The van der Waals surface area contributed by atoms with Gasteiger partial charge >= 0.3 is 0 Å². The third-order valence-electron chi connectivity index (χ3n) is 3.86. The fourth-order valence-corrected chi connectivity index (χ4v) is 2.38. The van der Waals surface area contributed by atoms with Gasteiger partial charge in [0.25, 0.3) is 11.8 Å². The monoisotopic (exact) mass is 317 g/mol. The van der Waals surface area contributed by atoms with Gasteiger partial charge in [-0.05, 0) is 43.9 Å². The van der Waals surface area contributed by atoms with Crippen molar-refractivity contribution in [3.63, 3.8) is 0 Å². The Hall–Kier alpha value is -2.41. The van der Waals surface area contributed by atoms with Gasteiger partial charge in [0.15, 0.2) is 0 Å². The Balaban J connectivity index is 1.56. The van der Waals surface area contributed by atoms with Crippen LogP contribution in [0.5, 0.6) is 0 Å². The molecule has 3 N–H and O–H groups in total. The molecule has 0 spiro atoms. The molecule has 1 saturated carbocycles. The SMILES string of the molecule is O=C(NNC(=O)C1CC1)c1cccc(NC(=O)[C@H]2CCCO2)c1. The van der Waals surface area contributed by atoms with Crippen LogP contribution in [-0.4, -0.2) is 30.4 Å². The maximum atomic E-state index is 12.0. The lowest BCUT2D eigenvalue weighted by Gasteiger charge is -2.11. The molecule has 0 aromatic heterocycles. The van der Waals surface area contributed by atoms with Gasteiger partial charge in [-0.1, -0.05) is 6.07 Å². The summed E-state index contributed by atoms with van der Waals surface area (Å²) in [6.45, 7) is 0.598. The summed E-state index contributed by atoms with van der Waals surface area (Å²) in [5.74, 6) is -0.775. The smallest absolute Gasteiger partial charge is 0.269 e. The molecular weight excluding hydrogens is 298 g/mol. The van der Waals surface area contributed by atoms with E-state index in [1.54, 1.807) is 24.3 Å². The van der Waals surface area contributed by atoms with Gasteiger partial charge in [-0.25, -0.2) is 0 Å². The van der Waals surface area contributed by atoms with E-state index in [2.05, 4.69) is 16.2 Å². The van der Waals surface area contributed by atoms with Crippen molar-refractivity contribution in [1.29, 1.82) is 0 Å².